The van der Waals surface area contributed by atoms with Gasteiger partial charge in [0.05, 0.1) is 18.8 Å². The van der Waals surface area contributed by atoms with Crippen LogP contribution in [0.5, 0.6) is 0 Å². The molecule has 1 atom stereocenters. The fourth-order valence-corrected chi connectivity index (χ4v) is 2.91. The molecule has 2 aromatic rings. The van der Waals surface area contributed by atoms with Gasteiger partial charge in [-0.3, -0.25) is 4.79 Å². The summed E-state index contributed by atoms with van der Waals surface area (Å²) in [5, 5.41) is 4.11. The molecule has 0 aliphatic carbocycles. The second kappa shape index (κ2) is 6.27. The Morgan fingerprint density at radius 2 is 2.12 bits per heavy atom. The summed E-state index contributed by atoms with van der Waals surface area (Å²) < 4.78 is 7.42. The van der Waals surface area contributed by atoms with Crippen molar-refractivity contribution in [3.8, 4) is 0 Å². The Balaban J connectivity index is 1.79. The van der Waals surface area contributed by atoms with Crippen LogP contribution in [-0.2, 0) is 15.1 Å². The Labute approximate surface area is 140 Å². The van der Waals surface area contributed by atoms with Gasteiger partial charge in [0.15, 0.2) is 0 Å². The van der Waals surface area contributed by atoms with Crippen LogP contribution in [-0.4, -0.2) is 55.2 Å². The highest BCUT2D eigenvalue weighted by atomic mass is 16.5. The third-order valence-electron chi connectivity index (χ3n) is 4.18. The van der Waals surface area contributed by atoms with Gasteiger partial charge in [0, 0.05) is 12.2 Å². The van der Waals surface area contributed by atoms with E-state index in [1.807, 2.05) is 38.7 Å². The summed E-state index contributed by atoms with van der Waals surface area (Å²) in [6.45, 7) is 8.96. The van der Waals surface area contributed by atoms with E-state index in [1.54, 1.807) is 11.0 Å². The number of nitrogens with zero attached hydrogens (tertiary/aromatic N) is 6. The van der Waals surface area contributed by atoms with Crippen LogP contribution in [0, 0.1) is 13.8 Å². The predicted molar refractivity (Wildman–Crippen MR) is 86.1 cm³/mol. The second-order valence-corrected chi connectivity index (χ2v) is 6.49. The molecule has 1 amide bonds. The molecular formula is C16H22N6O2. The Bertz CT molecular complexity index is 708. The van der Waals surface area contributed by atoms with Gasteiger partial charge >= 0.3 is 0 Å². The molecule has 128 valence electrons. The van der Waals surface area contributed by atoms with Crippen molar-refractivity contribution in [2.45, 2.75) is 39.3 Å². The molecule has 8 nitrogen and oxygen atoms in total. The number of carbonyl (C=O) groups excluding carboxylic acids is 1. The van der Waals surface area contributed by atoms with Crippen LogP contribution in [0.25, 0.3) is 0 Å². The van der Waals surface area contributed by atoms with Crippen LogP contribution in [0.15, 0.2) is 18.7 Å². The number of aryl methyl sites for hydroxylation is 2. The first-order chi connectivity index (χ1) is 11.4. The molecule has 3 rings (SSSR count). The minimum Gasteiger partial charge on any atom is -0.368 e. The molecule has 3 heterocycles. The van der Waals surface area contributed by atoms with Gasteiger partial charge in [-0.05, 0) is 33.8 Å². The lowest BCUT2D eigenvalue weighted by Gasteiger charge is -2.37. The van der Waals surface area contributed by atoms with Crippen molar-refractivity contribution in [2.24, 2.45) is 0 Å². The smallest absolute Gasteiger partial charge is 0.250 e. The number of morpholine rings is 1. The van der Waals surface area contributed by atoms with E-state index in [0.717, 1.165) is 11.4 Å². The second-order valence-electron chi connectivity index (χ2n) is 6.49. The number of amides is 1. The molecular weight excluding hydrogens is 308 g/mol. The topological polar surface area (TPSA) is 86.0 Å². The fourth-order valence-electron chi connectivity index (χ4n) is 2.91. The third-order valence-corrected chi connectivity index (χ3v) is 4.18. The molecule has 24 heavy (non-hydrogen) atoms. The highest BCUT2D eigenvalue weighted by Crippen LogP contribution is 2.25. The highest BCUT2D eigenvalue weighted by Gasteiger charge is 2.37. The molecule has 1 unspecified atom stereocenters. The lowest BCUT2D eigenvalue weighted by molar-refractivity contribution is -0.147. The monoisotopic (exact) mass is 330 g/mol. The number of hydrogen-bond donors (Lipinski definition) is 0. The summed E-state index contributed by atoms with van der Waals surface area (Å²) in [5.41, 5.74) is 0.916. The summed E-state index contributed by atoms with van der Waals surface area (Å²) >= 11 is 0. The van der Waals surface area contributed by atoms with Crippen LogP contribution in [0.1, 0.15) is 37.2 Å². The number of carbonyl (C=O) groups is 1. The predicted octanol–water partition coefficient (Wildman–Crippen LogP) is 1.02. The molecule has 0 radical (unpaired) electrons. The zero-order chi connectivity index (χ0) is 17.3. The third kappa shape index (κ3) is 3.14. The fraction of sp³-hybridized carbons (Fsp3) is 0.562. The van der Waals surface area contributed by atoms with Crippen molar-refractivity contribution in [1.82, 2.24) is 29.6 Å². The molecule has 1 fully saturated rings. The van der Waals surface area contributed by atoms with Crippen LogP contribution in [0.3, 0.4) is 0 Å². The van der Waals surface area contributed by atoms with Crippen LogP contribution < -0.4 is 0 Å². The normalized spacial score (nSPS) is 18.7. The molecule has 1 aliphatic heterocycles. The van der Waals surface area contributed by atoms with Crippen molar-refractivity contribution in [1.29, 1.82) is 0 Å². The lowest BCUT2D eigenvalue weighted by atomic mass is 10.0. The first-order valence-corrected chi connectivity index (χ1v) is 7.96. The van der Waals surface area contributed by atoms with E-state index in [0.29, 0.717) is 25.5 Å². The van der Waals surface area contributed by atoms with Crippen LogP contribution >= 0.6 is 0 Å². The van der Waals surface area contributed by atoms with Crippen LogP contribution in [0.2, 0.25) is 0 Å². The standard InChI is InChI=1S/C16H22N6O2/c1-11-7-13(20-12(2)19-11)14-8-21(5-6-24-14)15(23)16(3,4)22-10-17-9-18-22/h7,9-10,14H,5-6,8H2,1-4H3. The minimum absolute atomic E-state index is 0.0104. The molecule has 1 aliphatic rings. The largest absolute Gasteiger partial charge is 0.368 e. The maximum Gasteiger partial charge on any atom is 0.250 e. The molecule has 8 heteroatoms. The van der Waals surface area contributed by atoms with Gasteiger partial charge in [-0.1, -0.05) is 0 Å². The summed E-state index contributed by atoms with van der Waals surface area (Å²) in [5.74, 6) is 0.698. The van der Waals surface area contributed by atoms with Gasteiger partial charge in [0.2, 0.25) is 5.91 Å². The molecule has 0 saturated carbocycles. The van der Waals surface area contributed by atoms with Gasteiger partial charge < -0.3 is 9.64 Å². The molecule has 2 aromatic heterocycles. The zero-order valence-corrected chi connectivity index (χ0v) is 14.4. The SMILES string of the molecule is Cc1cc(C2CN(C(=O)C(C)(C)n3cncn3)CCO2)nc(C)n1. The zero-order valence-electron chi connectivity index (χ0n) is 14.4. The van der Waals surface area contributed by atoms with E-state index in [-0.39, 0.29) is 12.0 Å². The van der Waals surface area contributed by atoms with E-state index in [9.17, 15) is 4.79 Å². The number of rotatable bonds is 3. The summed E-state index contributed by atoms with van der Waals surface area (Å²) in [7, 11) is 0. The number of hydrogen-bond acceptors (Lipinski definition) is 6. The van der Waals surface area contributed by atoms with E-state index in [2.05, 4.69) is 20.1 Å². The molecule has 1 saturated heterocycles. The minimum atomic E-state index is -0.796. The summed E-state index contributed by atoms with van der Waals surface area (Å²) in [6.07, 6.45) is 2.76. The Hall–Kier alpha value is -2.35. The Morgan fingerprint density at radius 3 is 2.79 bits per heavy atom. The van der Waals surface area contributed by atoms with E-state index in [4.69, 9.17) is 4.74 Å². The van der Waals surface area contributed by atoms with Crippen molar-refractivity contribution in [3.63, 3.8) is 0 Å². The highest BCUT2D eigenvalue weighted by molar-refractivity contribution is 5.83. The first kappa shape index (κ1) is 16.5. The Morgan fingerprint density at radius 1 is 1.33 bits per heavy atom. The first-order valence-electron chi connectivity index (χ1n) is 7.96. The molecule has 0 N–H and O–H groups in total. The summed E-state index contributed by atoms with van der Waals surface area (Å²) in [6, 6.07) is 1.91. The van der Waals surface area contributed by atoms with Gasteiger partial charge in [-0.15, -0.1) is 0 Å². The number of aromatic nitrogens is 5. The van der Waals surface area contributed by atoms with Crippen molar-refractivity contribution >= 4 is 5.91 Å². The van der Waals surface area contributed by atoms with E-state index >= 15 is 0 Å². The molecule has 0 bridgehead atoms. The van der Waals surface area contributed by atoms with Crippen molar-refractivity contribution < 1.29 is 9.53 Å². The van der Waals surface area contributed by atoms with Gasteiger partial charge in [0.1, 0.15) is 30.1 Å². The maximum atomic E-state index is 13.0. The summed E-state index contributed by atoms with van der Waals surface area (Å²) in [4.78, 5) is 27.5. The average Bonchev–Trinajstić information content (AvgIpc) is 3.08. The van der Waals surface area contributed by atoms with Crippen molar-refractivity contribution in [2.75, 3.05) is 19.7 Å². The lowest BCUT2D eigenvalue weighted by Crippen LogP contribution is -2.51. The Kier molecular flexibility index (Phi) is 4.31. The average molecular weight is 330 g/mol. The van der Waals surface area contributed by atoms with E-state index in [1.165, 1.54) is 6.33 Å². The molecule has 0 aromatic carbocycles. The quantitative estimate of drug-likeness (QED) is 0.835. The van der Waals surface area contributed by atoms with Gasteiger partial charge in [0.25, 0.3) is 0 Å². The molecule has 0 spiro atoms. The van der Waals surface area contributed by atoms with Crippen molar-refractivity contribution in [3.05, 3.63) is 35.9 Å². The van der Waals surface area contributed by atoms with Gasteiger partial charge in [-0.2, -0.15) is 5.10 Å². The maximum absolute atomic E-state index is 13.0. The van der Waals surface area contributed by atoms with Crippen LogP contribution in [0.4, 0.5) is 0 Å². The number of ether oxygens (including phenoxy) is 1. The van der Waals surface area contributed by atoms with E-state index < -0.39 is 5.54 Å². The van der Waals surface area contributed by atoms with Gasteiger partial charge in [-0.25, -0.2) is 19.6 Å².